The van der Waals surface area contributed by atoms with E-state index in [0.29, 0.717) is 0 Å². The van der Waals surface area contributed by atoms with Crippen molar-refractivity contribution in [3.05, 3.63) is 35.6 Å². The summed E-state index contributed by atoms with van der Waals surface area (Å²) in [4.78, 5) is 12.4. The summed E-state index contributed by atoms with van der Waals surface area (Å²) >= 11 is 0. The van der Waals surface area contributed by atoms with Crippen LogP contribution in [0.2, 0.25) is 0 Å². The molecule has 4 heteroatoms. The van der Waals surface area contributed by atoms with Gasteiger partial charge in [-0.15, -0.1) is 0 Å². The number of amides is 1. The van der Waals surface area contributed by atoms with E-state index in [1.54, 1.807) is 12.1 Å². The first-order valence-corrected chi connectivity index (χ1v) is 7.24. The summed E-state index contributed by atoms with van der Waals surface area (Å²) in [7, 11) is 0. The molecule has 0 aliphatic rings. The van der Waals surface area contributed by atoms with Crippen molar-refractivity contribution in [3.63, 3.8) is 0 Å². The van der Waals surface area contributed by atoms with E-state index in [4.69, 9.17) is 5.73 Å². The smallest absolute Gasteiger partial charge is 0.237 e. The molecule has 0 aliphatic carbocycles. The van der Waals surface area contributed by atoms with Crippen LogP contribution in [-0.4, -0.2) is 11.9 Å². The van der Waals surface area contributed by atoms with Crippen LogP contribution in [0.4, 0.5) is 4.39 Å². The maximum atomic E-state index is 13.1. The Morgan fingerprint density at radius 1 is 1.05 bits per heavy atom. The van der Waals surface area contributed by atoms with Crippen LogP contribution in [0, 0.1) is 16.6 Å². The number of carbonyl (C=O) groups excluding carboxylic acids is 1. The quantitative estimate of drug-likeness (QED) is 0.897. The first-order chi connectivity index (χ1) is 9.43. The summed E-state index contributed by atoms with van der Waals surface area (Å²) < 4.78 is 13.1. The van der Waals surface area contributed by atoms with Gasteiger partial charge in [-0.1, -0.05) is 53.7 Å². The minimum Gasteiger partial charge on any atom is -0.347 e. The van der Waals surface area contributed by atoms with Crippen LogP contribution < -0.4 is 11.1 Å². The molecular weight excluding hydrogens is 267 g/mol. The molecule has 0 saturated carbocycles. The standard InChI is InChI=1S/C17H27FN2O/c1-16(2,3)13(19)15(21)20-14(17(4,5)6)11-7-9-12(18)10-8-11/h7-10,13-14H,19H2,1-6H3,(H,20,21). The highest BCUT2D eigenvalue weighted by molar-refractivity contribution is 5.82. The number of hydrogen-bond donors (Lipinski definition) is 2. The Bertz CT molecular complexity index is 483. The molecule has 1 aromatic rings. The molecule has 0 aliphatic heterocycles. The summed E-state index contributed by atoms with van der Waals surface area (Å²) in [6.45, 7) is 11.9. The minimum absolute atomic E-state index is 0.188. The minimum atomic E-state index is -0.595. The van der Waals surface area contributed by atoms with Gasteiger partial charge in [0.1, 0.15) is 5.82 Å². The highest BCUT2D eigenvalue weighted by Crippen LogP contribution is 2.33. The number of rotatable bonds is 3. The third-order valence-electron chi connectivity index (χ3n) is 3.57. The predicted octanol–water partition coefficient (Wildman–Crippen LogP) is 3.40. The van der Waals surface area contributed by atoms with Crippen LogP contribution in [0.1, 0.15) is 53.1 Å². The second kappa shape index (κ2) is 6.14. The number of nitrogens with two attached hydrogens (primary N) is 1. The normalized spacial score (nSPS) is 15.4. The average molecular weight is 294 g/mol. The molecular formula is C17H27FN2O. The van der Waals surface area contributed by atoms with Gasteiger partial charge >= 0.3 is 0 Å². The first kappa shape index (κ1) is 17.6. The van der Waals surface area contributed by atoms with E-state index in [0.717, 1.165) is 5.56 Å². The summed E-state index contributed by atoms with van der Waals surface area (Å²) in [5.74, 6) is -0.476. The topological polar surface area (TPSA) is 55.1 Å². The van der Waals surface area contributed by atoms with Gasteiger partial charge in [0.05, 0.1) is 12.1 Å². The SMILES string of the molecule is CC(C)(C)C(N)C(=O)NC(c1ccc(F)cc1)C(C)(C)C. The van der Waals surface area contributed by atoms with E-state index in [-0.39, 0.29) is 28.6 Å². The molecule has 2 unspecified atom stereocenters. The predicted molar refractivity (Wildman–Crippen MR) is 84.2 cm³/mol. The Morgan fingerprint density at radius 2 is 1.52 bits per heavy atom. The fraction of sp³-hybridized carbons (Fsp3) is 0.588. The van der Waals surface area contributed by atoms with Gasteiger partial charge in [0, 0.05) is 0 Å². The fourth-order valence-corrected chi connectivity index (χ4v) is 2.08. The molecule has 0 heterocycles. The highest BCUT2D eigenvalue weighted by Gasteiger charge is 2.33. The van der Waals surface area contributed by atoms with Crippen molar-refractivity contribution < 1.29 is 9.18 Å². The first-order valence-electron chi connectivity index (χ1n) is 7.24. The van der Waals surface area contributed by atoms with Gasteiger partial charge in [0.2, 0.25) is 5.91 Å². The molecule has 1 amide bonds. The molecule has 0 saturated heterocycles. The molecule has 0 spiro atoms. The summed E-state index contributed by atoms with van der Waals surface area (Å²) in [6.07, 6.45) is 0. The average Bonchev–Trinajstić information content (AvgIpc) is 2.33. The van der Waals surface area contributed by atoms with Crippen LogP contribution in [0.3, 0.4) is 0 Å². The molecule has 2 atom stereocenters. The second-order valence-electron chi connectivity index (χ2n) is 7.70. The van der Waals surface area contributed by atoms with Crippen LogP contribution in [0.15, 0.2) is 24.3 Å². The van der Waals surface area contributed by atoms with Crippen LogP contribution in [0.5, 0.6) is 0 Å². The van der Waals surface area contributed by atoms with E-state index >= 15 is 0 Å². The molecule has 0 aromatic heterocycles. The number of halogens is 1. The molecule has 3 N–H and O–H groups in total. The Hall–Kier alpha value is -1.42. The van der Waals surface area contributed by atoms with E-state index in [2.05, 4.69) is 5.32 Å². The van der Waals surface area contributed by atoms with Crippen LogP contribution >= 0.6 is 0 Å². The third kappa shape index (κ3) is 4.81. The number of benzene rings is 1. The van der Waals surface area contributed by atoms with E-state index in [1.165, 1.54) is 12.1 Å². The molecule has 21 heavy (non-hydrogen) atoms. The molecule has 118 valence electrons. The zero-order valence-electron chi connectivity index (χ0n) is 13.8. The van der Waals surface area contributed by atoms with Crippen molar-refractivity contribution in [2.75, 3.05) is 0 Å². The van der Waals surface area contributed by atoms with Crippen LogP contribution in [-0.2, 0) is 4.79 Å². The second-order valence-corrected chi connectivity index (χ2v) is 7.70. The summed E-state index contributed by atoms with van der Waals surface area (Å²) in [5.41, 5.74) is 6.38. The zero-order chi connectivity index (χ0) is 16.4. The highest BCUT2D eigenvalue weighted by atomic mass is 19.1. The number of carbonyl (C=O) groups is 1. The lowest BCUT2D eigenvalue weighted by atomic mass is 9.81. The van der Waals surface area contributed by atoms with Gasteiger partial charge < -0.3 is 11.1 Å². The largest absolute Gasteiger partial charge is 0.347 e. The van der Waals surface area contributed by atoms with Crippen molar-refractivity contribution in [2.45, 2.75) is 53.6 Å². The van der Waals surface area contributed by atoms with E-state index in [9.17, 15) is 9.18 Å². The van der Waals surface area contributed by atoms with Crippen LogP contribution in [0.25, 0.3) is 0 Å². The Labute approximate surface area is 127 Å². The third-order valence-corrected chi connectivity index (χ3v) is 3.57. The van der Waals surface area contributed by atoms with Gasteiger partial charge in [-0.25, -0.2) is 4.39 Å². The Morgan fingerprint density at radius 3 is 1.90 bits per heavy atom. The maximum absolute atomic E-state index is 13.1. The van der Waals surface area contributed by atoms with Gasteiger partial charge in [0.15, 0.2) is 0 Å². The van der Waals surface area contributed by atoms with Crippen molar-refractivity contribution >= 4 is 5.91 Å². The monoisotopic (exact) mass is 294 g/mol. The van der Waals surface area contributed by atoms with Crippen molar-refractivity contribution in [3.8, 4) is 0 Å². The molecule has 0 fully saturated rings. The molecule has 1 aromatic carbocycles. The lowest BCUT2D eigenvalue weighted by Crippen LogP contribution is -2.51. The van der Waals surface area contributed by atoms with Crippen molar-refractivity contribution in [1.29, 1.82) is 0 Å². The Kier molecular flexibility index (Phi) is 5.16. The van der Waals surface area contributed by atoms with Crippen molar-refractivity contribution in [2.24, 2.45) is 16.6 Å². The molecule has 1 rings (SSSR count). The summed E-state index contributed by atoms with van der Waals surface area (Å²) in [5, 5.41) is 3.01. The lowest BCUT2D eigenvalue weighted by Gasteiger charge is -2.35. The molecule has 0 radical (unpaired) electrons. The van der Waals surface area contributed by atoms with Gasteiger partial charge in [-0.05, 0) is 28.5 Å². The van der Waals surface area contributed by atoms with E-state index < -0.39 is 6.04 Å². The van der Waals surface area contributed by atoms with E-state index in [1.807, 2.05) is 41.5 Å². The zero-order valence-corrected chi connectivity index (χ0v) is 13.8. The molecule has 3 nitrogen and oxygen atoms in total. The van der Waals surface area contributed by atoms with Gasteiger partial charge in [-0.3, -0.25) is 4.79 Å². The van der Waals surface area contributed by atoms with Crippen molar-refractivity contribution in [1.82, 2.24) is 5.32 Å². The molecule has 0 bridgehead atoms. The number of nitrogens with one attached hydrogen (secondary N) is 1. The Balaban J connectivity index is 3.01. The van der Waals surface area contributed by atoms with Gasteiger partial charge in [0.25, 0.3) is 0 Å². The fourth-order valence-electron chi connectivity index (χ4n) is 2.08. The summed E-state index contributed by atoms with van der Waals surface area (Å²) in [6, 6.07) is 5.40. The maximum Gasteiger partial charge on any atom is 0.237 e. The lowest BCUT2D eigenvalue weighted by molar-refractivity contribution is -0.126. The van der Waals surface area contributed by atoms with Gasteiger partial charge in [-0.2, -0.15) is 0 Å². The number of hydrogen-bond acceptors (Lipinski definition) is 2.